The highest BCUT2D eigenvalue weighted by Gasteiger charge is 2.40. The molecule has 2 heterocycles. The van der Waals surface area contributed by atoms with E-state index in [2.05, 4.69) is 47.5 Å². The van der Waals surface area contributed by atoms with Crippen molar-refractivity contribution in [1.82, 2.24) is 10.2 Å². The largest absolute Gasteiger partial charge is 0.496 e. The van der Waals surface area contributed by atoms with Crippen LogP contribution in [0.5, 0.6) is 5.75 Å². The minimum absolute atomic E-state index is 0.153. The van der Waals surface area contributed by atoms with Gasteiger partial charge in [-0.25, -0.2) is 0 Å². The van der Waals surface area contributed by atoms with Gasteiger partial charge in [0.15, 0.2) is 0 Å². The molecule has 4 rings (SSSR count). The van der Waals surface area contributed by atoms with Gasteiger partial charge in [0.05, 0.1) is 12.5 Å². The molecule has 2 aromatic carbocycles. The molecule has 2 fully saturated rings. The summed E-state index contributed by atoms with van der Waals surface area (Å²) in [5.41, 5.74) is 2.95. The summed E-state index contributed by atoms with van der Waals surface area (Å²) in [4.78, 5) is 16.0. The fraction of sp³-hybridized carbons (Fsp3) is 0.519. The number of hydrogen-bond acceptors (Lipinski definition) is 4. The SMILES string of the molecule is COc1ccccc1-c1cccc(CC2(C(=O)NC(C)CN3CCCC3)CCOCC2)c1. The lowest BCUT2D eigenvalue weighted by molar-refractivity contribution is -0.137. The van der Waals surface area contributed by atoms with E-state index in [0.29, 0.717) is 13.2 Å². The highest BCUT2D eigenvalue weighted by molar-refractivity contribution is 5.83. The van der Waals surface area contributed by atoms with E-state index < -0.39 is 5.41 Å². The number of ether oxygens (including phenoxy) is 2. The van der Waals surface area contributed by atoms with E-state index in [1.807, 2.05) is 18.2 Å². The molecule has 0 radical (unpaired) electrons. The van der Waals surface area contributed by atoms with Crippen molar-refractivity contribution in [2.24, 2.45) is 5.41 Å². The zero-order chi connectivity index (χ0) is 22.4. The normalized spacial score (nSPS) is 19.4. The molecule has 1 N–H and O–H groups in total. The van der Waals surface area contributed by atoms with Crippen molar-refractivity contribution >= 4 is 5.91 Å². The fourth-order valence-corrected chi connectivity index (χ4v) is 5.14. The molecule has 2 aromatic rings. The summed E-state index contributed by atoms with van der Waals surface area (Å²) in [7, 11) is 1.70. The van der Waals surface area contributed by atoms with Gasteiger partial charge in [-0.1, -0.05) is 42.5 Å². The van der Waals surface area contributed by atoms with Gasteiger partial charge in [-0.15, -0.1) is 0 Å². The molecule has 5 nitrogen and oxygen atoms in total. The van der Waals surface area contributed by atoms with Crippen LogP contribution in [0, 0.1) is 5.41 Å². The molecule has 0 bridgehead atoms. The summed E-state index contributed by atoms with van der Waals surface area (Å²) in [5.74, 6) is 1.04. The van der Waals surface area contributed by atoms with E-state index in [9.17, 15) is 4.79 Å². The van der Waals surface area contributed by atoms with Crippen LogP contribution < -0.4 is 10.1 Å². The summed E-state index contributed by atoms with van der Waals surface area (Å²) >= 11 is 0. The van der Waals surface area contributed by atoms with Crippen LogP contribution in [0.3, 0.4) is 0 Å². The van der Waals surface area contributed by atoms with Crippen molar-refractivity contribution in [3.05, 3.63) is 54.1 Å². The number of carbonyl (C=O) groups is 1. The Kier molecular flexibility index (Phi) is 7.48. The maximum Gasteiger partial charge on any atom is 0.226 e. The van der Waals surface area contributed by atoms with Gasteiger partial charge in [0.2, 0.25) is 5.91 Å². The average Bonchev–Trinajstić information content (AvgIpc) is 3.32. The molecule has 1 unspecified atom stereocenters. The maximum absolute atomic E-state index is 13.6. The lowest BCUT2D eigenvalue weighted by atomic mass is 9.74. The lowest BCUT2D eigenvalue weighted by Gasteiger charge is -2.37. The molecule has 2 aliphatic rings. The molecule has 0 spiro atoms. The number of para-hydroxylation sites is 1. The Hall–Kier alpha value is -2.37. The number of nitrogens with one attached hydrogen (secondary N) is 1. The van der Waals surface area contributed by atoms with E-state index in [1.165, 1.54) is 18.4 Å². The predicted molar refractivity (Wildman–Crippen MR) is 128 cm³/mol. The highest BCUT2D eigenvalue weighted by Crippen LogP contribution is 2.37. The smallest absolute Gasteiger partial charge is 0.226 e. The first-order chi connectivity index (χ1) is 15.6. The number of hydrogen-bond donors (Lipinski definition) is 1. The summed E-state index contributed by atoms with van der Waals surface area (Å²) < 4.78 is 11.2. The minimum atomic E-state index is -0.420. The first-order valence-corrected chi connectivity index (χ1v) is 11.9. The Morgan fingerprint density at radius 2 is 1.88 bits per heavy atom. The highest BCUT2D eigenvalue weighted by atomic mass is 16.5. The van der Waals surface area contributed by atoms with Gasteiger partial charge in [0.1, 0.15) is 5.75 Å². The molecule has 5 heteroatoms. The molecule has 1 amide bonds. The molecule has 2 aliphatic heterocycles. The van der Waals surface area contributed by atoms with Crippen LogP contribution in [0.4, 0.5) is 0 Å². The molecule has 0 aromatic heterocycles. The summed E-state index contributed by atoms with van der Waals surface area (Å²) in [6.45, 7) is 6.64. The number of methoxy groups -OCH3 is 1. The van der Waals surface area contributed by atoms with Crippen LogP contribution in [0.25, 0.3) is 11.1 Å². The first kappa shape index (κ1) is 22.8. The number of carbonyl (C=O) groups excluding carboxylic acids is 1. The van der Waals surface area contributed by atoms with E-state index in [1.54, 1.807) is 7.11 Å². The molecule has 1 atom stereocenters. The monoisotopic (exact) mass is 436 g/mol. The third-order valence-electron chi connectivity index (χ3n) is 6.93. The molecule has 2 saturated heterocycles. The van der Waals surface area contributed by atoms with Crippen LogP contribution >= 0.6 is 0 Å². The molecular formula is C27H36N2O3. The molecule has 0 aliphatic carbocycles. The Morgan fingerprint density at radius 3 is 2.62 bits per heavy atom. The van der Waals surface area contributed by atoms with E-state index in [0.717, 1.165) is 55.8 Å². The van der Waals surface area contributed by atoms with Gasteiger partial charge >= 0.3 is 0 Å². The first-order valence-electron chi connectivity index (χ1n) is 11.9. The Labute approximate surface area is 192 Å². The number of benzene rings is 2. The molecular weight excluding hydrogens is 400 g/mol. The van der Waals surface area contributed by atoms with Crippen molar-refractivity contribution in [3.8, 4) is 16.9 Å². The second-order valence-electron chi connectivity index (χ2n) is 9.35. The van der Waals surface area contributed by atoms with Crippen LogP contribution in [-0.2, 0) is 16.0 Å². The van der Waals surface area contributed by atoms with Gasteiger partial charge in [-0.05, 0) is 69.3 Å². The quantitative estimate of drug-likeness (QED) is 0.670. The Bertz CT molecular complexity index is 901. The molecule has 172 valence electrons. The van der Waals surface area contributed by atoms with Crippen molar-refractivity contribution in [1.29, 1.82) is 0 Å². The second-order valence-corrected chi connectivity index (χ2v) is 9.35. The zero-order valence-corrected chi connectivity index (χ0v) is 19.4. The number of nitrogens with zero attached hydrogens (tertiary/aromatic N) is 1. The molecule has 0 saturated carbocycles. The van der Waals surface area contributed by atoms with Crippen molar-refractivity contribution in [2.75, 3.05) is 40.0 Å². The van der Waals surface area contributed by atoms with E-state index >= 15 is 0 Å². The Balaban J connectivity index is 1.51. The van der Waals surface area contributed by atoms with E-state index in [4.69, 9.17) is 9.47 Å². The fourth-order valence-electron chi connectivity index (χ4n) is 5.14. The Morgan fingerprint density at radius 1 is 1.12 bits per heavy atom. The van der Waals surface area contributed by atoms with Crippen LogP contribution in [-0.4, -0.2) is 56.8 Å². The number of likely N-dealkylation sites (tertiary alicyclic amines) is 1. The molecule has 32 heavy (non-hydrogen) atoms. The van der Waals surface area contributed by atoms with Crippen molar-refractivity contribution < 1.29 is 14.3 Å². The summed E-state index contributed by atoms with van der Waals surface area (Å²) in [6, 6.07) is 16.8. The second kappa shape index (κ2) is 10.5. The van der Waals surface area contributed by atoms with Gasteiger partial charge in [-0.3, -0.25) is 4.79 Å². The lowest BCUT2D eigenvalue weighted by Crippen LogP contribution is -2.51. The van der Waals surface area contributed by atoms with Crippen LogP contribution in [0.15, 0.2) is 48.5 Å². The topological polar surface area (TPSA) is 50.8 Å². The standard InChI is InChI=1S/C27H36N2O3/c1-21(20-29-14-5-6-15-29)28-26(30)27(12-16-32-17-13-27)19-22-8-7-9-23(18-22)24-10-3-4-11-25(24)31-2/h3-4,7-11,18,21H,5-6,12-17,19-20H2,1-2H3,(H,28,30). The van der Waals surface area contributed by atoms with Gasteiger partial charge in [0.25, 0.3) is 0 Å². The summed E-state index contributed by atoms with van der Waals surface area (Å²) in [5, 5.41) is 3.35. The van der Waals surface area contributed by atoms with Crippen molar-refractivity contribution in [3.63, 3.8) is 0 Å². The van der Waals surface area contributed by atoms with Gasteiger partial charge in [0, 0.05) is 31.4 Å². The third-order valence-corrected chi connectivity index (χ3v) is 6.93. The average molecular weight is 437 g/mol. The van der Waals surface area contributed by atoms with Gasteiger partial charge < -0.3 is 19.7 Å². The van der Waals surface area contributed by atoms with Crippen LogP contribution in [0.1, 0.15) is 38.2 Å². The number of rotatable bonds is 8. The van der Waals surface area contributed by atoms with E-state index in [-0.39, 0.29) is 11.9 Å². The maximum atomic E-state index is 13.6. The van der Waals surface area contributed by atoms with Gasteiger partial charge in [-0.2, -0.15) is 0 Å². The number of amides is 1. The minimum Gasteiger partial charge on any atom is -0.496 e. The predicted octanol–water partition coefficient (Wildman–Crippen LogP) is 4.30. The zero-order valence-electron chi connectivity index (χ0n) is 19.4. The van der Waals surface area contributed by atoms with Crippen LogP contribution in [0.2, 0.25) is 0 Å². The third kappa shape index (κ3) is 5.33. The van der Waals surface area contributed by atoms with Crippen molar-refractivity contribution in [2.45, 2.75) is 45.1 Å². The summed E-state index contributed by atoms with van der Waals surface area (Å²) in [6.07, 6.45) is 4.78.